The zero-order valence-electron chi connectivity index (χ0n) is 8.62. The van der Waals surface area contributed by atoms with Gasteiger partial charge in [-0.15, -0.1) is 0 Å². The van der Waals surface area contributed by atoms with Gasteiger partial charge in [0.15, 0.2) is 0 Å². The van der Waals surface area contributed by atoms with Gasteiger partial charge in [0.05, 0.1) is 5.69 Å². The maximum absolute atomic E-state index is 11.6. The summed E-state index contributed by atoms with van der Waals surface area (Å²) in [6, 6.07) is 2.62. The van der Waals surface area contributed by atoms with Crippen LogP contribution in [0.5, 0.6) is 0 Å². The van der Waals surface area contributed by atoms with Gasteiger partial charge in [0.1, 0.15) is 6.33 Å². The van der Waals surface area contributed by atoms with Crippen molar-refractivity contribution < 1.29 is 4.79 Å². The van der Waals surface area contributed by atoms with Crippen LogP contribution in [0.3, 0.4) is 0 Å². The van der Waals surface area contributed by atoms with E-state index in [1.54, 1.807) is 19.3 Å². The molecule has 2 rings (SSSR count). The van der Waals surface area contributed by atoms with E-state index >= 15 is 0 Å². The number of imidazole rings is 1. The largest absolute Gasteiger partial charge is 0.331 e. The lowest BCUT2D eigenvalue weighted by atomic mass is 10.4. The molecule has 0 spiro atoms. The van der Waals surface area contributed by atoms with Gasteiger partial charge in [-0.25, -0.2) is 9.78 Å². The number of carbonyl (C=O) groups excluding carboxylic acids is 1. The highest BCUT2D eigenvalue weighted by molar-refractivity contribution is 5.90. The van der Waals surface area contributed by atoms with Crippen LogP contribution >= 0.6 is 0 Å². The first kappa shape index (κ1) is 10.2. The molecule has 0 aromatic carbocycles. The van der Waals surface area contributed by atoms with Crippen LogP contribution in [0.15, 0.2) is 41.8 Å². The van der Waals surface area contributed by atoms with E-state index in [1.807, 2.05) is 0 Å². The lowest BCUT2D eigenvalue weighted by Crippen LogP contribution is -2.20. The molecule has 0 bridgehead atoms. The topological polar surface area (TPSA) is 68.9 Å². The van der Waals surface area contributed by atoms with E-state index in [0.29, 0.717) is 5.69 Å². The van der Waals surface area contributed by atoms with Gasteiger partial charge >= 0.3 is 6.03 Å². The number of hydrogen-bond donors (Lipinski definition) is 1. The predicted molar refractivity (Wildman–Crippen MR) is 58.3 cm³/mol. The molecule has 0 unspecified atom stereocenters. The lowest BCUT2D eigenvalue weighted by molar-refractivity contribution is 0.253. The van der Waals surface area contributed by atoms with Gasteiger partial charge in [0.2, 0.25) is 5.56 Å². The van der Waals surface area contributed by atoms with Gasteiger partial charge in [0, 0.05) is 31.7 Å². The van der Waals surface area contributed by atoms with E-state index in [2.05, 4.69) is 10.3 Å². The van der Waals surface area contributed by atoms with Crippen molar-refractivity contribution in [3.8, 4) is 0 Å². The molecule has 0 fully saturated rings. The molecule has 0 aliphatic rings. The molecule has 82 valence electrons. The van der Waals surface area contributed by atoms with E-state index in [1.165, 1.54) is 33.9 Å². The highest BCUT2D eigenvalue weighted by Gasteiger charge is 2.04. The third-order valence-corrected chi connectivity index (χ3v) is 2.08. The van der Waals surface area contributed by atoms with Crippen LogP contribution in [0.25, 0.3) is 0 Å². The molecule has 0 saturated heterocycles. The molecule has 0 aliphatic carbocycles. The second-order valence-electron chi connectivity index (χ2n) is 3.27. The Labute approximate surface area is 91.2 Å². The van der Waals surface area contributed by atoms with Crippen LogP contribution in [-0.4, -0.2) is 20.1 Å². The molecule has 2 heterocycles. The smallest absolute Gasteiger partial charge is 0.317 e. The molecule has 2 aromatic rings. The van der Waals surface area contributed by atoms with E-state index in [-0.39, 0.29) is 11.6 Å². The Morgan fingerprint density at radius 1 is 1.44 bits per heavy atom. The van der Waals surface area contributed by atoms with Crippen LogP contribution in [0, 0.1) is 0 Å². The molecule has 0 radical (unpaired) electrons. The average Bonchev–Trinajstić information content (AvgIpc) is 2.77. The number of rotatable bonds is 1. The van der Waals surface area contributed by atoms with E-state index in [0.717, 1.165) is 0 Å². The van der Waals surface area contributed by atoms with Gasteiger partial charge in [-0.3, -0.25) is 9.36 Å². The number of nitrogens with zero attached hydrogens (tertiary/aromatic N) is 3. The standard InChI is InChI=1S/C10H10N4O2/c1-13-6-8(2-3-9(13)15)12-10(16)14-5-4-11-7-14/h2-7H,1H3,(H,12,16). The number of hydrogen-bond acceptors (Lipinski definition) is 3. The first-order valence-electron chi connectivity index (χ1n) is 4.63. The number of nitrogens with one attached hydrogen (secondary N) is 1. The van der Waals surface area contributed by atoms with Crippen LogP contribution in [0.4, 0.5) is 10.5 Å². The van der Waals surface area contributed by atoms with Crippen molar-refractivity contribution in [1.29, 1.82) is 0 Å². The third kappa shape index (κ3) is 2.00. The molecule has 6 nitrogen and oxygen atoms in total. The maximum Gasteiger partial charge on any atom is 0.331 e. The number of pyridine rings is 1. The average molecular weight is 218 g/mol. The summed E-state index contributed by atoms with van der Waals surface area (Å²) in [7, 11) is 1.62. The van der Waals surface area contributed by atoms with Gasteiger partial charge in [0.25, 0.3) is 0 Å². The Balaban J connectivity index is 2.18. The van der Waals surface area contributed by atoms with Gasteiger partial charge in [-0.05, 0) is 6.07 Å². The summed E-state index contributed by atoms with van der Waals surface area (Å²) < 4.78 is 2.70. The Bertz CT molecular complexity index is 556. The van der Waals surface area contributed by atoms with Crippen molar-refractivity contribution >= 4 is 11.7 Å². The molecule has 6 heteroatoms. The minimum Gasteiger partial charge on any atom is -0.317 e. The summed E-state index contributed by atoms with van der Waals surface area (Å²) in [4.78, 5) is 26.5. The summed E-state index contributed by atoms with van der Waals surface area (Å²) in [6.45, 7) is 0. The van der Waals surface area contributed by atoms with Gasteiger partial charge in [-0.2, -0.15) is 0 Å². The minimum absolute atomic E-state index is 0.124. The van der Waals surface area contributed by atoms with E-state index in [9.17, 15) is 9.59 Å². The molecule has 1 N–H and O–H groups in total. The molecule has 1 amide bonds. The molecule has 2 aromatic heterocycles. The monoisotopic (exact) mass is 218 g/mol. The van der Waals surface area contributed by atoms with Crippen LogP contribution in [-0.2, 0) is 7.05 Å². The number of carbonyl (C=O) groups is 1. The van der Waals surface area contributed by atoms with Crippen molar-refractivity contribution in [3.63, 3.8) is 0 Å². The molecule has 0 aliphatic heterocycles. The Morgan fingerprint density at radius 2 is 2.25 bits per heavy atom. The highest BCUT2D eigenvalue weighted by Crippen LogP contribution is 2.03. The van der Waals surface area contributed by atoms with Crippen LogP contribution in [0.1, 0.15) is 0 Å². The first-order chi connectivity index (χ1) is 7.66. The SMILES string of the molecule is Cn1cc(NC(=O)n2ccnc2)ccc1=O. The fourth-order valence-corrected chi connectivity index (χ4v) is 1.24. The van der Waals surface area contributed by atoms with Crippen molar-refractivity contribution in [2.45, 2.75) is 0 Å². The molecular weight excluding hydrogens is 208 g/mol. The number of amides is 1. The molecular formula is C10H10N4O2. The number of aryl methyl sites for hydroxylation is 1. The van der Waals surface area contributed by atoms with Crippen LogP contribution < -0.4 is 10.9 Å². The predicted octanol–water partition coefficient (Wildman–Crippen LogP) is 0.662. The van der Waals surface area contributed by atoms with Crippen molar-refractivity contribution in [2.75, 3.05) is 5.32 Å². The summed E-state index contributed by atoms with van der Waals surface area (Å²) in [5.41, 5.74) is 0.432. The maximum atomic E-state index is 11.6. The lowest BCUT2D eigenvalue weighted by Gasteiger charge is -2.06. The third-order valence-electron chi connectivity index (χ3n) is 2.08. The first-order valence-corrected chi connectivity index (χ1v) is 4.63. The molecule has 0 saturated carbocycles. The normalized spacial score (nSPS) is 10.1. The van der Waals surface area contributed by atoms with Gasteiger partial charge < -0.3 is 9.88 Å². The quantitative estimate of drug-likeness (QED) is 0.764. The van der Waals surface area contributed by atoms with Crippen molar-refractivity contribution in [2.24, 2.45) is 7.05 Å². The fraction of sp³-hybridized carbons (Fsp3) is 0.100. The zero-order valence-corrected chi connectivity index (χ0v) is 8.62. The summed E-state index contributed by atoms with van der Waals surface area (Å²) in [5.74, 6) is 0. The Morgan fingerprint density at radius 3 is 2.88 bits per heavy atom. The van der Waals surface area contributed by atoms with E-state index < -0.39 is 0 Å². The van der Waals surface area contributed by atoms with Crippen molar-refractivity contribution in [3.05, 3.63) is 47.4 Å². The molecule has 16 heavy (non-hydrogen) atoms. The second kappa shape index (κ2) is 4.01. The summed E-state index contributed by atoms with van der Waals surface area (Å²) >= 11 is 0. The summed E-state index contributed by atoms with van der Waals surface area (Å²) in [5, 5.41) is 2.64. The number of anilines is 1. The Kier molecular flexibility index (Phi) is 2.55. The van der Waals surface area contributed by atoms with Gasteiger partial charge in [-0.1, -0.05) is 0 Å². The second-order valence-corrected chi connectivity index (χ2v) is 3.27. The fourth-order valence-electron chi connectivity index (χ4n) is 1.24. The zero-order chi connectivity index (χ0) is 11.5. The minimum atomic E-state index is -0.323. The van der Waals surface area contributed by atoms with E-state index in [4.69, 9.17) is 0 Å². The number of aromatic nitrogens is 3. The van der Waals surface area contributed by atoms with Crippen LogP contribution in [0.2, 0.25) is 0 Å². The highest BCUT2D eigenvalue weighted by atomic mass is 16.2. The van der Waals surface area contributed by atoms with Crippen molar-refractivity contribution in [1.82, 2.24) is 14.1 Å². The summed E-state index contributed by atoms with van der Waals surface area (Å²) in [6.07, 6.45) is 6.01. The molecule has 0 atom stereocenters. The Hall–Kier alpha value is -2.37.